The van der Waals surface area contributed by atoms with Gasteiger partial charge in [0.1, 0.15) is 5.84 Å². The second-order valence-electron chi connectivity index (χ2n) is 5.31. The first-order valence-electron chi connectivity index (χ1n) is 6.36. The summed E-state index contributed by atoms with van der Waals surface area (Å²) in [6.07, 6.45) is 4.72. The van der Waals surface area contributed by atoms with Gasteiger partial charge >= 0.3 is 0 Å². The first-order chi connectivity index (χ1) is 8.06. The Balaban J connectivity index is 2.07. The minimum Gasteiger partial charge on any atom is -0.409 e. The van der Waals surface area contributed by atoms with Gasteiger partial charge in [-0.25, -0.2) is 0 Å². The molecular formula is C12H25N3OS. The molecule has 4 N–H and O–H groups in total. The lowest BCUT2D eigenvalue weighted by Crippen LogP contribution is -2.33. The van der Waals surface area contributed by atoms with Gasteiger partial charge in [0.2, 0.25) is 0 Å². The Morgan fingerprint density at radius 1 is 1.59 bits per heavy atom. The molecule has 0 aromatic rings. The molecule has 0 amide bonds. The van der Waals surface area contributed by atoms with Crippen molar-refractivity contribution in [2.45, 2.75) is 44.8 Å². The van der Waals surface area contributed by atoms with Crippen LogP contribution in [0.15, 0.2) is 5.16 Å². The smallest absolute Gasteiger partial charge is 0.144 e. The summed E-state index contributed by atoms with van der Waals surface area (Å²) < 4.78 is 0. The van der Waals surface area contributed by atoms with E-state index in [0.29, 0.717) is 5.84 Å². The molecule has 1 saturated heterocycles. The zero-order valence-electron chi connectivity index (χ0n) is 10.9. The molecule has 1 heterocycles. The van der Waals surface area contributed by atoms with Crippen molar-refractivity contribution in [1.82, 2.24) is 5.32 Å². The Morgan fingerprint density at radius 3 is 2.94 bits per heavy atom. The predicted octanol–water partition coefficient (Wildman–Crippen LogP) is 2.02. The normalized spacial score (nSPS) is 22.0. The summed E-state index contributed by atoms with van der Waals surface area (Å²) in [4.78, 5) is 0. The van der Waals surface area contributed by atoms with E-state index in [1.165, 1.54) is 18.6 Å². The Kier molecular flexibility index (Phi) is 6.12. The molecule has 1 unspecified atom stereocenters. The molecule has 0 aliphatic carbocycles. The van der Waals surface area contributed by atoms with Gasteiger partial charge in [0.15, 0.2) is 0 Å². The van der Waals surface area contributed by atoms with Crippen LogP contribution in [0.1, 0.15) is 39.5 Å². The quantitative estimate of drug-likeness (QED) is 0.215. The lowest BCUT2D eigenvalue weighted by Gasteiger charge is -2.22. The fourth-order valence-corrected chi connectivity index (χ4v) is 3.22. The third-order valence-corrected chi connectivity index (χ3v) is 4.75. The zero-order chi connectivity index (χ0) is 12.7. The molecule has 17 heavy (non-hydrogen) atoms. The molecule has 5 heteroatoms. The van der Waals surface area contributed by atoms with E-state index in [2.05, 4.69) is 22.2 Å². The van der Waals surface area contributed by atoms with Crippen LogP contribution >= 0.6 is 11.8 Å². The lowest BCUT2D eigenvalue weighted by atomic mass is 9.86. The number of oxime groups is 1. The topological polar surface area (TPSA) is 70.6 Å². The van der Waals surface area contributed by atoms with Gasteiger partial charge in [0.05, 0.1) is 0 Å². The molecule has 1 rings (SSSR count). The largest absolute Gasteiger partial charge is 0.409 e. The molecular weight excluding hydrogens is 234 g/mol. The number of nitrogens with zero attached hydrogens (tertiary/aromatic N) is 1. The van der Waals surface area contributed by atoms with E-state index in [1.807, 2.05) is 13.8 Å². The van der Waals surface area contributed by atoms with E-state index in [1.54, 1.807) is 0 Å². The zero-order valence-corrected chi connectivity index (χ0v) is 11.7. The average Bonchev–Trinajstić information content (AvgIpc) is 2.80. The van der Waals surface area contributed by atoms with Crippen LogP contribution in [0, 0.1) is 5.41 Å². The Morgan fingerprint density at radius 2 is 2.35 bits per heavy atom. The number of nitrogens with one attached hydrogen (secondary N) is 1. The van der Waals surface area contributed by atoms with Gasteiger partial charge in [-0.3, -0.25) is 0 Å². The maximum atomic E-state index is 8.66. The molecule has 4 nitrogen and oxygen atoms in total. The molecule has 1 atom stereocenters. The second-order valence-corrected chi connectivity index (χ2v) is 6.72. The van der Waals surface area contributed by atoms with Gasteiger partial charge in [0.25, 0.3) is 0 Å². The summed E-state index contributed by atoms with van der Waals surface area (Å²) in [5.74, 6) is 1.65. The van der Waals surface area contributed by atoms with E-state index >= 15 is 0 Å². The standard InChI is InChI=1S/C12H25N3OS/c1-12(2,11(13)15-16)6-4-7-14-9-10-5-3-8-17-10/h10,14,16H,3-9H2,1-2H3,(H2,13,15). The first kappa shape index (κ1) is 14.6. The van der Waals surface area contributed by atoms with Gasteiger partial charge < -0.3 is 16.3 Å². The third-order valence-electron chi connectivity index (χ3n) is 3.35. The van der Waals surface area contributed by atoms with E-state index in [9.17, 15) is 0 Å². The van der Waals surface area contributed by atoms with Crippen LogP contribution in [0.4, 0.5) is 0 Å². The summed E-state index contributed by atoms with van der Waals surface area (Å²) >= 11 is 2.08. The Labute approximate surface area is 108 Å². The predicted molar refractivity (Wildman–Crippen MR) is 74.8 cm³/mol. The summed E-state index contributed by atoms with van der Waals surface area (Å²) in [6, 6.07) is 0. The minimum absolute atomic E-state index is 0.210. The van der Waals surface area contributed by atoms with Crippen LogP contribution in [0.25, 0.3) is 0 Å². The Hall–Kier alpha value is -0.420. The highest BCUT2D eigenvalue weighted by Crippen LogP contribution is 2.25. The SMILES string of the molecule is CC(C)(CCCNCC1CCCS1)C(N)=NO. The molecule has 0 radical (unpaired) electrons. The monoisotopic (exact) mass is 259 g/mol. The molecule has 0 bridgehead atoms. The highest BCUT2D eigenvalue weighted by Gasteiger charge is 2.22. The third kappa shape index (κ3) is 5.17. The molecule has 0 aromatic heterocycles. The number of hydrogen-bond acceptors (Lipinski definition) is 4. The summed E-state index contributed by atoms with van der Waals surface area (Å²) in [5, 5.41) is 16.1. The number of thioether (sulfide) groups is 1. The maximum absolute atomic E-state index is 8.66. The van der Waals surface area contributed by atoms with Crippen LogP contribution in [0.5, 0.6) is 0 Å². The molecule has 0 spiro atoms. The van der Waals surface area contributed by atoms with Crippen LogP contribution in [0.2, 0.25) is 0 Å². The van der Waals surface area contributed by atoms with Crippen molar-refractivity contribution in [3.05, 3.63) is 0 Å². The van der Waals surface area contributed by atoms with E-state index < -0.39 is 0 Å². The molecule has 1 fully saturated rings. The maximum Gasteiger partial charge on any atom is 0.144 e. The second kappa shape index (κ2) is 7.11. The van der Waals surface area contributed by atoms with Gasteiger partial charge in [-0.05, 0) is 38.0 Å². The van der Waals surface area contributed by atoms with Crippen molar-refractivity contribution in [2.75, 3.05) is 18.8 Å². The number of rotatable bonds is 7. The van der Waals surface area contributed by atoms with Gasteiger partial charge in [-0.1, -0.05) is 19.0 Å². The van der Waals surface area contributed by atoms with Crippen molar-refractivity contribution in [2.24, 2.45) is 16.3 Å². The highest BCUT2D eigenvalue weighted by molar-refractivity contribution is 8.00. The van der Waals surface area contributed by atoms with Crippen molar-refractivity contribution in [3.8, 4) is 0 Å². The van der Waals surface area contributed by atoms with Gasteiger partial charge in [0, 0.05) is 17.2 Å². The van der Waals surface area contributed by atoms with Gasteiger partial charge in [-0.15, -0.1) is 0 Å². The van der Waals surface area contributed by atoms with Crippen LogP contribution in [-0.4, -0.2) is 35.1 Å². The van der Waals surface area contributed by atoms with E-state index in [0.717, 1.165) is 31.2 Å². The molecule has 1 aliphatic heterocycles. The molecule has 0 saturated carbocycles. The van der Waals surface area contributed by atoms with Crippen molar-refractivity contribution in [3.63, 3.8) is 0 Å². The first-order valence-corrected chi connectivity index (χ1v) is 7.41. The highest BCUT2D eigenvalue weighted by atomic mass is 32.2. The summed E-state index contributed by atoms with van der Waals surface area (Å²) in [7, 11) is 0. The van der Waals surface area contributed by atoms with Crippen molar-refractivity contribution in [1.29, 1.82) is 0 Å². The van der Waals surface area contributed by atoms with E-state index in [-0.39, 0.29) is 5.41 Å². The minimum atomic E-state index is -0.210. The van der Waals surface area contributed by atoms with Crippen molar-refractivity contribution >= 4 is 17.6 Å². The fourth-order valence-electron chi connectivity index (χ4n) is 1.99. The van der Waals surface area contributed by atoms with E-state index in [4.69, 9.17) is 10.9 Å². The van der Waals surface area contributed by atoms with Crippen LogP contribution in [0.3, 0.4) is 0 Å². The molecule has 1 aliphatic rings. The fraction of sp³-hybridized carbons (Fsp3) is 0.917. The van der Waals surface area contributed by atoms with Gasteiger partial charge in [-0.2, -0.15) is 11.8 Å². The number of hydrogen-bond donors (Lipinski definition) is 3. The molecule has 100 valence electrons. The summed E-state index contributed by atoms with van der Waals surface area (Å²) in [6.45, 7) is 6.15. The average molecular weight is 259 g/mol. The summed E-state index contributed by atoms with van der Waals surface area (Å²) in [5.41, 5.74) is 5.43. The van der Waals surface area contributed by atoms with Crippen LogP contribution < -0.4 is 11.1 Å². The van der Waals surface area contributed by atoms with Crippen molar-refractivity contribution < 1.29 is 5.21 Å². The Bertz CT molecular complexity index is 250. The molecule has 0 aromatic carbocycles. The number of nitrogens with two attached hydrogens (primary N) is 1. The lowest BCUT2D eigenvalue weighted by molar-refractivity contribution is 0.304. The number of amidine groups is 1. The van der Waals surface area contributed by atoms with Crippen LogP contribution in [-0.2, 0) is 0 Å².